The minimum atomic E-state index is -1.05. The first-order chi connectivity index (χ1) is 9.08. The van der Waals surface area contributed by atoms with E-state index in [4.69, 9.17) is 14.6 Å². The van der Waals surface area contributed by atoms with Crippen molar-refractivity contribution in [1.82, 2.24) is 5.32 Å². The molecule has 104 valence electrons. The molecular weight excluding hydrogens is 250 g/mol. The van der Waals surface area contributed by atoms with Crippen LogP contribution >= 0.6 is 0 Å². The molecule has 0 aromatic heterocycles. The standard InChI is InChI=1S/C13H17NO5/c1-3-14-12(15)8-19-10-6-5-9(13(16)17)7-11(10)18-4-2/h5-7H,3-4,8H2,1-2H3,(H,14,15)(H,16,17). The summed E-state index contributed by atoms with van der Waals surface area (Å²) in [5.74, 6) is -0.631. The maximum atomic E-state index is 11.3. The van der Waals surface area contributed by atoms with Gasteiger partial charge in [-0.15, -0.1) is 0 Å². The molecule has 0 saturated heterocycles. The van der Waals surface area contributed by atoms with Gasteiger partial charge in [0.05, 0.1) is 12.2 Å². The van der Waals surface area contributed by atoms with Gasteiger partial charge in [0, 0.05) is 6.54 Å². The summed E-state index contributed by atoms with van der Waals surface area (Å²) in [6.45, 7) is 4.35. The van der Waals surface area contributed by atoms with E-state index in [0.29, 0.717) is 24.7 Å². The first-order valence-corrected chi connectivity index (χ1v) is 5.98. The molecule has 0 spiro atoms. The number of aromatic carboxylic acids is 1. The first kappa shape index (κ1) is 14.8. The van der Waals surface area contributed by atoms with E-state index in [0.717, 1.165) is 0 Å². The predicted octanol–water partition coefficient (Wildman–Crippen LogP) is 1.30. The van der Waals surface area contributed by atoms with Gasteiger partial charge in [0.25, 0.3) is 5.91 Å². The van der Waals surface area contributed by atoms with E-state index in [2.05, 4.69) is 5.32 Å². The number of carbonyl (C=O) groups excluding carboxylic acids is 1. The SMILES string of the molecule is CCNC(=O)COc1ccc(C(=O)O)cc1OCC. The van der Waals surface area contributed by atoms with Crippen molar-refractivity contribution in [2.75, 3.05) is 19.8 Å². The molecular formula is C13H17NO5. The number of rotatable bonds is 7. The van der Waals surface area contributed by atoms with Crippen molar-refractivity contribution < 1.29 is 24.2 Å². The molecule has 0 radical (unpaired) electrons. The number of carboxylic acid groups (broad SMARTS) is 1. The minimum Gasteiger partial charge on any atom is -0.490 e. The molecule has 0 bridgehead atoms. The lowest BCUT2D eigenvalue weighted by Crippen LogP contribution is -2.28. The van der Waals surface area contributed by atoms with Gasteiger partial charge < -0.3 is 19.9 Å². The van der Waals surface area contributed by atoms with Crippen LogP contribution in [0.25, 0.3) is 0 Å². The van der Waals surface area contributed by atoms with E-state index in [1.54, 1.807) is 6.92 Å². The third-order valence-electron chi connectivity index (χ3n) is 2.22. The highest BCUT2D eigenvalue weighted by Crippen LogP contribution is 2.28. The van der Waals surface area contributed by atoms with Gasteiger partial charge in [-0.1, -0.05) is 0 Å². The number of benzene rings is 1. The molecule has 6 heteroatoms. The van der Waals surface area contributed by atoms with Gasteiger partial charge in [0.15, 0.2) is 18.1 Å². The highest BCUT2D eigenvalue weighted by Gasteiger charge is 2.11. The molecule has 2 N–H and O–H groups in total. The van der Waals surface area contributed by atoms with Crippen molar-refractivity contribution in [2.24, 2.45) is 0 Å². The van der Waals surface area contributed by atoms with Gasteiger partial charge in [0.1, 0.15) is 0 Å². The fourth-order valence-electron chi connectivity index (χ4n) is 1.42. The van der Waals surface area contributed by atoms with Gasteiger partial charge in [-0.25, -0.2) is 4.79 Å². The molecule has 1 aromatic rings. The Balaban J connectivity index is 2.81. The Morgan fingerprint density at radius 2 is 1.95 bits per heavy atom. The second kappa shape index (κ2) is 7.25. The largest absolute Gasteiger partial charge is 0.490 e. The normalized spacial score (nSPS) is 9.79. The molecule has 1 aromatic carbocycles. The fourth-order valence-corrected chi connectivity index (χ4v) is 1.42. The minimum absolute atomic E-state index is 0.105. The summed E-state index contributed by atoms with van der Waals surface area (Å²) in [6, 6.07) is 4.25. The van der Waals surface area contributed by atoms with Crippen LogP contribution in [0.15, 0.2) is 18.2 Å². The Labute approximate surface area is 111 Å². The average Bonchev–Trinajstić information content (AvgIpc) is 2.37. The molecule has 0 saturated carbocycles. The zero-order valence-corrected chi connectivity index (χ0v) is 10.9. The summed E-state index contributed by atoms with van der Waals surface area (Å²) >= 11 is 0. The molecule has 0 aliphatic heterocycles. The second-order valence-corrected chi connectivity index (χ2v) is 3.64. The van der Waals surface area contributed by atoms with Crippen LogP contribution in [0.4, 0.5) is 0 Å². The van der Waals surface area contributed by atoms with Crippen molar-refractivity contribution >= 4 is 11.9 Å². The third-order valence-corrected chi connectivity index (χ3v) is 2.22. The number of amides is 1. The zero-order valence-electron chi connectivity index (χ0n) is 10.9. The molecule has 1 amide bonds. The molecule has 0 unspecified atom stereocenters. The number of carboxylic acids is 1. The molecule has 0 aliphatic rings. The molecule has 0 atom stereocenters. The number of hydrogen-bond acceptors (Lipinski definition) is 4. The van der Waals surface area contributed by atoms with Crippen LogP contribution in [0, 0.1) is 0 Å². The molecule has 0 fully saturated rings. The number of hydrogen-bond donors (Lipinski definition) is 2. The zero-order chi connectivity index (χ0) is 14.3. The Bertz CT molecular complexity index is 458. The maximum Gasteiger partial charge on any atom is 0.335 e. The summed E-state index contributed by atoms with van der Waals surface area (Å²) in [5.41, 5.74) is 0.105. The Morgan fingerprint density at radius 1 is 1.21 bits per heavy atom. The quantitative estimate of drug-likeness (QED) is 0.777. The van der Waals surface area contributed by atoms with Gasteiger partial charge in [-0.3, -0.25) is 4.79 Å². The highest BCUT2D eigenvalue weighted by atomic mass is 16.5. The van der Waals surface area contributed by atoms with Gasteiger partial charge in [0.2, 0.25) is 0 Å². The smallest absolute Gasteiger partial charge is 0.335 e. The summed E-state index contributed by atoms with van der Waals surface area (Å²) < 4.78 is 10.6. The number of nitrogens with one attached hydrogen (secondary N) is 1. The predicted molar refractivity (Wildman–Crippen MR) is 68.7 cm³/mol. The summed E-state index contributed by atoms with van der Waals surface area (Å²) in [7, 11) is 0. The number of ether oxygens (including phenoxy) is 2. The van der Waals surface area contributed by atoms with Crippen molar-refractivity contribution in [1.29, 1.82) is 0 Å². The Morgan fingerprint density at radius 3 is 2.53 bits per heavy atom. The van der Waals surface area contributed by atoms with Gasteiger partial charge in [-0.2, -0.15) is 0 Å². The van der Waals surface area contributed by atoms with Crippen LogP contribution < -0.4 is 14.8 Å². The summed E-state index contributed by atoms with van der Waals surface area (Å²) in [5, 5.41) is 11.5. The van der Waals surface area contributed by atoms with Crippen molar-refractivity contribution in [3.63, 3.8) is 0 Å². The highest BCUT2D eigenvalue weighted by molar-refractivity contribution is 5.88. The monoisotopic (exact) mass is 267 g/mol. The first-order valence-electron chi connectivity index (χ1n) is 5.98. The molecule has 0 heterocycles. The third kappa shape index (κ3) is 4.50. The van der Waals surface area contributed by atoms with Crippen molar-refractivity contribution in [3.05, 3.63) is 23.8 Å². The Kier molecular flexibility index (Phi) is 5.66. The van der Waals surface area contributed by atoms with Gasteiger partial charge in [-0.05, 0) is 32.0 Å². The lowest BCUT2D eigenvalue weighted by molar-refractivity contribution is -0.123. The van der Waals surface area contributed by atoms with E-state index in [-0.39, 0.29) is 18.1 Å². The van der Waals surface area contributed by atoms with E-state index in [9.17, 15) is 9.59 Å². The maximum absolute atomic E-state index is 11.3. The van der Waals surface area contributed by atoms with Gasteiger partial charge >= 0.3 is 5.97 Å². The molecule has 6 nitrogen and oxygen atoms in total. The Hall–Kier alpha value is -2.24. The number of carbonyl (C=O) groups is 2. The lowest BCUT2D eigenvalue weighted by Gasteiger charge is -2.12. The van der Waals surface area contributed by atoms with E-state index < -0.39 is 5.97 Å². The topological polar surface area (TPSA) is 84.9 Å². The van der Waals surface area contributed by atoms with Crippen molar-refractivity contribution in [3.8, 4) is 11.5 Å². The average molecular weight is 267 g/mol. The van der Waals surface area contributed by atoms with E-state index in [1.807, 2.05) is 6.92 Å². The molecule has 1 rings (SSSR count). The van der Waals surface area contributed by atoms with Crippen molar-refractivity contribution in [2.45, 2.75) is 13.8 Å². The number of likely N-dealkylation sites (N-methyl/N-ethyl adjacent to an activating group) is 1. The molecule has 0 aliphatic carbocycles. The van der Waals surface area contributed by atoms with E-state index >= 15 is 0 Å². The lowest BCUT2D eigenvalue weighted by atomic mass is 10.2. The van der Waals surface area contributed by atoms with Crippen LogP contribution in [0.3, 0.4) is 0 Å². The van der Waals surface area contributed by atoms with Crippen LogP contribution in [0.5, 0.6) is 11.5 Å². The fraction of sp³-hybridized carbons (Fsp3) is 0.385. The van der Waals surface area contributed by atoms with Crippen LogP contribution in [0.2, 0.25) is 0 Å². The van der Waals surface area contributed by atoms with Crippen LogP contribution in [0.1, 0.15) is 24.2 Å². The summed E-state index contributed by atoms with van der Waals surface area (Å²) in [6.07, 6.45) is 0. The molecule has 19 heavy (non-hydrogen) atoms. The van der Waals surface area contributed by atoms with E-state index in [1.165, 1.54) is 18.2 Å². The van der Waals surface area contributed by atoms with Crippen LogP contribution in [-0.4, -0.2) is 36.7 Å². The summed E-state index contributed by atoms with van der Waals surface area (Å²) in [4.78, 5) is 22.1. The second-order valence-electron chi connectivity index (χ2n) is 3.64. The van der Waals surface area contributed by atoms with Crippen LogP contribution in [-0.2, 0) is 4.79 Å².